The van der Waals surface area contributed by atoms with E-state index < -0.39 is 0 Å². The summed E-state index contributed by atoms with van der Waals surface area (Å²) in [6, 6.07) is 1.70. The predicted octanol–water partition coefficient (Wildman–Crippen LogP) is 1.61. The van der Waals surface area contributed by atoms with E-state index in [1.54, 1.807) is 0 Å². The summed E-state index contributed by atoms with van der Waals surface area (Å²) in [6.45, 7) is 6.39. The van der Waals surface area contributed by atoms with Crippen molar-refractivity contribution in [3.8, 4) is 0 Å². The third kappa shape index (κ3) is 1.59. The van der Waals surface area contributed by atoms with Gasteiger partial charge in [0.05, 0.1) is 0 Å². The first-order valence-corrected chi connectivity index (χ1v) is 6.24. The first kappa shape index (κ1) is 9.17. The Hall–Kier alpha value is -0.0800. The predicted molar refractivity (Wildman–Crippen MR) is 58.3 cm³/mol. The van der Waals surface area contributed by atoms with Crippen LogP contribution in [0.1, 0.15) is 39.0 Å². The molecule has 80 valence electrons. The molecule has 3 rings (SSSR count). The van der Waals surface area contributed by atoms with Crippen molar-refractivity contribution in [2.45, 2.75) is 51.1 Å². The Morgan fingerprint density at radius 1 is 1.29 bits per heavy atom. The van der Waals surface area contributed by atoms with E-state index >= 15 is 0 Å². The topological polar surface area (TPSA) is 15.3 Å². The van der Waals surface area contributed by atoms with E-state index in [0.717, 1.165) is 12.1 Å². The summed E-state index contributed by atoms with van der Waals surface area (Å²) in [5.74, 6) is 0. The number of hydrogen-bond acceptors (Lipinski definition) is 2. The Balaban J connectivity index is 1.53. The molecule has 2 aliphatic heterocycles. The molecule has 0 aromatic heterocycles. The largest absolute Gasteiger partial charge is 0.312 e. The van der Waals surface area contributed by atoms with Gasteiger partial charge in [-0.05, 0) is 44.1 Å². The molecule has 3 aliphatic rings. The van der Waals surface area contributed by atoms with E-state index in [-0.39, 0.29) is 0 Å². The highest BCUT2D eigenvalue weighted by atomic mass is 15.2. The molecule has 0 aromatic rings. The van der Waals surface area contributed by atoms with Crippen LogP contribution in [0.4, 0.5) is 0 Å². The molecule has 3 fully saturated rings. The summed E-state index contributed by atoms with van der Waals surface area (Å²) in [4.78, 5) is 2.69. The first-order chi connectivity index (χ1) is 6.77. The van der Waals surface area contributed by atoms with E-state index in [1.165, 1.54) is 51.7 Å². The second-order valence-corrected chi connectivity index (χ2v) is 5.83. The molecule has 0 radical (unpaired) electrons. The average Bonchev–Trinajstić information content (AvgIpc) is 2.65. The molecular formula is C12H22N2. The van der Waals surface area contributed by atoms with Gasteiger partial charge in [0.1, 0.15) is 0 Å². The van der Waals surface area contributed by atoms with Crippen LogP contribution in [0.2, 0.25) is 0 Å². The lowest BCUT2D eigenvalue weighted by atomic mass is 10.0. The van der Waals surface area contributed by atoms with Gasteiger partial charge in [0.15, 0.2) is 0 Å². The van der Waals surface area contributed by atoms with Crippen LogP contribution in [0.5, 0.6) is 0 Å². The maximum atomic E-state index is 3.81. The molecule has 0 bridgehead atoms. The van der Waals surface area contributed by atoms with Crippen LogP contribution in [0.3, 0.4) is 0 Å². The van der Waals surface area contributed by atoms with Gasteiger partial charge in [0, 0.05) is 25.2 Å². The normalized spacial score (nSPS) is 40.1. The van der Waals surface area contributed by atoms with Gasteiger partial charge < -0.3 is 5.32 Å². The summed E-state index contributed by atoms with van der Waals surface area (Å²) < 4.78 is 0. The number of hydrogen-bond donors (Lipinski definition) is 1. The second kappa shape index (κ2) is 3.21. The number of nitrogens with one attached hydrogen (secondary N) is 1. The van der Waals surface area contributed by atoms with Crippen LogP contribution in [0, 0.1) is 5.41 Å². The lowest BCUT2D eigenvalue weighted by Crippen LogP contribution is -2.41. The third-order valence-electron chi connectivity index (χ3n) is 4.50. The molecule has 0 aromatic carbocycles. The van der Waals surface area contributed by atoms with Gasteiger partial charge in [-0.15, -0.1) is 0 Å². The van der Waals surface area contributed by atoms with Crippen molar-refractivity contribution in [1.82, 2.24) is 10.2 Å². The van der Waals surface area contributed by atoms with Gasteiger partial charge in [0.25, 0.3) is 0 Å². The molecule has 2 unspecified atom stereocenters. The van der Waals surface area contributed by atoms with Crippen LogP contribution in [-0.2, 0) is 0 Å². The maximum absolute atomic E-state index is 3.81. The lowest BCUT2D eigenvalue weighted by molar-refractivity contribution is 0.292. The minimum atomic E-state index is 0.673. The molecule has 2 atom stereocenters. The van der Waals surface area contributed by atoms with Crippen LogP contribution < -0.4 is 5.32 Å². The third-order valence-corrected chi connectivity index (χ3v) is 4.50. The molecule has 14 heavy (non-hydrogen) atoms. The van der Waals surface area contributed by atoms with Crippen molar-refractivity contribution in [3.63, 3.8) is 0 Å². The van der Waals surface area contributed by atoms with Gasteiger partial charge in [0.2, 0.25) is 0 Å². The van der Waals surface area contributed by atoms with Crippen molar-refractivity contribution in [1.29, 1.82) is 0 Å². The zero-order valence-corrected chi connectivity index (χ0v) is 9.26. The highest BCUT2D eigenvalue weighted by molar-refractivity contribution is 4.98. The summed E-state index contributed by atoms with van der Waals surface area (Å²) in [6.07, 6.45) is 7.15. The number of rotatable bonds is 3. The molecule has 2 heteroatoms. The molecule has 0 spiro atoms. The molecule has 1 saturated carbocycles. The molecule has 2 nitrogen and oxygen atoms in total. The Bertz CT molecular complexity index is 222. The Kier molecular flexibility index (Phi) is 2.10. The molecule has 1 aliphatic carbocycles. The van der Waals surface area contributed by atoms with E-state index in [0.29, 0.717) is 5.41 Å². The van der Waals surface area contributed by atoms with Gasteiger partial charge in [-0.2, -0.15) is 0 Å². The molecule has 1 N–H and O–H groups in total. The van der Waals surface area contributed by atoms with Gasteiger partial charge >= 0.3 is 0 Å². The number of fused-ring (bicyclic) bond motifs is 1. The van der Waals surface area contributed by atoms with Crippen molar-refractivity contribution < 1.29 is 0 Å². The maximum Gasteiger partial charge on any atom is 0.0250 e. The fourth-order valence-corrected chi connectivity index (χ4v) is 3.09. The van der Waals surface area contributed by atoms with Gasteiger partial charge in [-0.25, -0.2) is 0 Å². The van der Waals surface area contributed by atoms with Gasteiger partial charge in [-0.1, -0.05) is 6.92 Å². The average molecular weight is 194 g/mol. The molecular weight excluding hydrogens is 172 g/mol. The Morgan fingerprint density at radius 3 is 2.93 bits per heavy atom. The molecule has 0 amide bonds. The smallest absolute Gasteiger partial charge is 0.0250 e. The second-order valence-electron chi connectivity index (χ2n) is 5.83. The van der Waals surface area contributed by atoms with E-state index in [2.05, 4.69) is 17.1 Å². The summed E-state index contributed by atoms with van der Waals surface area (Å²) >= 11 is 0. The zero-order valence-electron chi connectivity index (χ0n) is 9.26. The highest BCUT2D eigenvalue weighted by Crippen LogP contribution is 2.44. The van der Waals surface area contributed by atoms with Crippen molar-refractivity contribution >= 4 is 0 Å². The highest BCUT2D eigenvalue weighted by Gasteiger charge is 2.41. The Morgan fingerprint density at radius 2 is 2.14 bits per heavy atom. The minimum absolute atomic E-state index is 0.673. The quantitative estimate of drug-likeness (QED) is 0.734. The summed E-state index contributed by atoms with van der Waals surface area (Å²) in [7, 11) is 0. The van der Waals surface area contributed by atoms with Crippen LogP contribution in [0.15, 0.2) is 0 Å². The first-order valence-electron chi connectivity index (χ1n) is 6.24. The summed E-state index contributed by atoms with van der Waals surface area (Å²) in [5.41, 5.74) is 0.673. The fraction of sp³-hybridized carbons (Fsp3) is 1.00. The zero-order chi connectivity index (χ0) is 9.60. The van der Waals surface area contributed by atoms with Crippen molar-refractivity contribution in [3.05, 3.63) is 0 Å². The minimum Gasteiger partial charge on any atom is -0.312 e. The van der Waals surface area contributed by atoms with Gasteiger partial charge in [-0.3, -0.25) is 4.90 Å². The summed E-state index contributed by atoms with van der Waals surface area (Å²) in [5, 5.41) is 3.81. The van der Waals surface area contributed by atoms with E-state index in [1.807, 2.05) is 0 Å². The van der Waals surface area contributed by atoms with E-state index in [4.69, 9.17) is 0 Å². The fourth-order valence-electron chi connectivity index (χ4n) is 3.09. The van der Waals surface area contributed by atoms with Crippen LogP contribution in [0.25, 0.3) is 0 Å². The molecule has 2 saturated heterocycles. The monoisotopic (exact) mass is 194 g/mol. The van der Waals surface area contributed by atoms with E-state index in [9.17, 15) is 0 Å². The van der Waals surface area contributed by atoms with Crippen molar-refractivity contribution in [2.75, 3.05) is 19.6 Å². The number of nitrogens with zero attached hydrogens (tertiary/aromatic N) is 1. The lowest BCUT2D eigenvalue weighted by Gasteiger charge is -2.22. The Labute approximate surface area is 87.0 Å². The van der Waals surface area contributed by atoms with Crippen molar-refractivity contribution in [2.24, 2.45) is 5.41 Å². The SMILES string of the molecule is CC1(CNC2CCN3CCCC23)CC1. The standard InChI is InChI=1S/C12H22N2/c1-12(5-6-12)9-13-10-4-8-14-7-2-3-11(10)14/h10-11,13H,2-9H2,1H3. The molecule has 2 heterocycles. The van der Waals surface area contributed by atoms with Crippen LogP contribution >= 0.6 is 0 Å². The van der Waals surface area contributed by atoms with Crippen LogP contribution in [-0.4, -0.2) is 36.6 Å².